The SMILES string of the molecule is COc1cc(Br)c(S(=O)(=O)Nc2ccc(F)cc2C(=O)O)cc1OC. The van der Waals surface area contributed by atoms with Gasteiger partial charge in [-0.3, -0.25) is 4.72 Å². The zero-order valence-electron chi connectivity index (χ0n) is 13.0. The Morgan fingerprint density at radius 2 is 1.76 bits per heavy atom. The van der Waals surface area contributed by atoms with Crippen molar-refractivity contribution in [1.82, 2.24) is 0 Å². The normalized spacial score (nSPS) is 11.0. The summed E-state index contributed by atoms with van der Waals surface area (Å²) in [5.74, 6) is -1.79. The number of benzene rings is 2. The summed E-state index contributed by atoms with van der Waals surface area (Å²) in [5, 5.41) is 9.12. The van der Waals surface area contributed by atoms with E-state index in [1.54, 1.807) is 0 Å². The largest absolute Gasteiger partial charge is 0.493 e. The molecule has 2 aromatic carbocycles. The van der Waals surface area contributed by atoms with Crippen molar-refractivity contribution in [3.05, 3.63) is 46.2 Å². The third-order valence-corrected chi connectivity index (χ3v) is 5.51. The van der Waals surface area contributed by atoms with E-state index in [1.165, 1.54) is 26.4 Å². The lowest BCUT2D eigenvalue weighted by molar-refractivity contribution is 0.0697. The van der Waals surface area contributed by atoms with Gasteiger partial charge in [0.05, 0.1) is 25.5 Å². The number of aromatic carboxylic acids is 1. The molecule has 2 N–H and O–H groups in total. The third-order valence-electron chi connectivity index (χ3n) is 3.18. The first-order valence-electron chi connectivity index (χ1n) is 6.66. The second kappa shape index (κ2) is 7.28. The number of carboxylic acids is 1. The first kappa shape index (κ1) is 19.0. The van der Waals surface area contributed by atoms with Gasteiger partial charge in [-0.25, -0.2) is 17.6 Å². The molecule has 0 saturated heterocycles. The Kier molecular flexibility index (Phi) is 5.53. The van der Waals surface area contributed by atoms with E-state index < -0.39 is 27.4 Å². The van der Waals surface area contributed by atoms with E-state index >= 15 is 0 Å². The maximum absolute atomic E-state index is 13.2. The van der Waals surface area contributed by atoms with Crippen molar-refractivity contribution in [2.24, 2.45) is 0 Å². The van der Waals surface area contributed by atoms with Crippen LogP contribution in [0.15, 0.2) is 39.7 Å². The molecule has 2 rings (SSSR count). The van der Waals surface area contributed by atoms with E-state index in [2.05, 4.69) is 20.7 Å². The van der Waals surface area contributed by atoms with Gasteiger partial charge in [-0.2, -0.15) is 0 Å². The maximum atomic E-state index is 13.2. The average Bonchev–Trinajstić information content (AvgIpc) is 2.55. The number of methoxy groups -OCH3 is 2. The van der Waals surface area contributed by atoms with Crippen molar-refractivity contribution >= 4 is 37.6 Å². The van der Waals surface area contributed by atoms with Crippen molar-refractivity contribution in [2.75, 3.05) is 18.9 Å². The number of hydrogen-bond acceptors (Lipinski definition) is 5. The number of sulfonamides is 1. The van der Waals surface area contributed by atoms with Gasteiger partial charge in [-0.05, 0) is 40.2 Å². The van der Waals surface area contributed by atoms with Crippen LogP contribution in [0.3, 0.4) is 0 Å². The Labute approximate surface area is 151 Å². The lowest BCUT2D eigenvalue weighted by Gasteiger charge is -2.14. The van der Waals surface area contributed by atoms with Crippen LogP contribution in [0, 0.1) is 5.82 Å². The van der Waals surface area contributed by atoms with E-state index in [0.717, 1.165) is 18.2 Å². The fraction of sp³-hybridized carbons (Fsp3) is 0.133. The molecule has 0 atom stereocenters. The molecule has 0 spiro atoms. The molecule has 0 heterocycles. The van der Waals surface area contributed by atoms with Gasteiger partial charge < -0.3 is 14.6 Å². The summed E-state index contributed by atoms with van der Waals surface area (Å²) in [6.07, 6.45) is 0. The number of halogens is 2. The standard InChI is InChI=1S/C15H13BrFNO6S/c1-23-12-6-10(16)14(7-13(12)24-2)25(21,22)18-11-4-3-8(17)5-9(11)15(19)20/h3-7,18H,1-2H3,(H,19,20). The van der Waals surface area contributed by atoms with E-state index in [9.17, 15) is 17.6 Å². The minimum atomic E-state index is -4.19. The van der Waals surface area contributed by atoms with E-state index in [0.29, 0.717) is 5.75 Å². The third kappa shape index (κ3) is 4.02. The van der Waals surface area contributed by atoms with Crippen LogP contribution in [0.5, 0.6) is 11.5 Å². The van der Waals surface area contributed by atoms with Crippen LogP contribution < -0.4 is 14.2 Å². The molecule has 0 saturated carbocycles. The number of rotatable bonds is 6. The fourth-order valence-corrected chi connectivity index (χ4v) is 4.14. The summed E-state index contributed by atoms with van der Waals surface area (Å²) in [7, 11) is -1.45. The summed E-state index contributed by atoms with van der Waals surface area (Å²) in [6, 6.07) is 5.33. The zero-order valence-corrected chi connectivity index (χ0v) is 15.4. The summed E-state index contributed by atoms with van der Waals surface area (Å²) in [4.78, 5) is 11.0. The molecule has 25 heavy (non-hydrogen) atoms. The van der Waals surface area contributed by atoms with Gasteiger partial charge in [-0.15, -0.1) is 0 Å². The molecule has 0 unspecified atom stereocenters. The Bertz CT molecular complexity index is 932. The van der Waals surface area contributed by atoms with Gasteiger partial charge in [0.2, 0.25) is 0 Å². The van der Waals surface area contributed by atoms with Crippen molar-refractivity contribution < 1.29 is 32.2 Å². The summed E-state index contributed by atoms with van der Waals surface area (Å²) < 4.78 is 51.0. The second-order valence-electron chi connectivity index (χ2n) is 4.74. The quantitative estimate of drug-likeness (QED) is 0.725. The summed E-state index contributed by atoms with van der Waals surface area (Å²) in [5.41, 5.74) is -0.782. The van der Waals surface area contributed by atoms with Gasteiger partial charge >= 0.3 is 5.97 Å². The molecule has 134 valence electrons. The minimum Gasteiger partial charge on any atom is -0.493 e. The molecule has 0 aromatic heterocycles. The average molecular weight is 434 g/mol. The van der Waals surface area contributed by atoms with E-state index in [4.69, 9.17) is 14.6 Å². The zero-order chi connectivity index (χ0) is 18.8. The first-order valence-corrected chi connectivity index (χ1v) is 8.94. The number of carboxylic acid groups (broad SMARTS) is 1. The monoisotopic (exact) mass is 433 g/mol. The highest BCUT2D eigenvalue weighted by Gasteiger charge is 2.23. The summed E-state index contributed by atoms with van der Waals surface area (Å²) >= 11 is 3.13. The Balaban J connectivity index is 2.53. The van der Waals surface area contributed by atoms with Crippen LogP contribution in [0.25, 0.3) is 0 Å². The van der Waals surface area contributed by atoms with Crippen molar-refractivity contribution in [3.63, 3.8) is 0 Å². The highest BCUT2D eigenvalue weighted by Crippen LogP contribution is 2.36. The number of nitrogens with one attached hydrogen (secondary N) is 1. The first-order chi connectivity index (χ1) is 11.7. The lowest BCUT2D eigenvalue weighted by atomic mass is 10.2. The lowest BCUT2D eigenvalue weighted by Crippen LogP contribution is -2.16. The predicted molar refractivity (Wildman–Crippen MR) is 91.4 cm³/mol. The van der Waals surface area contributed by atoms with Crippen molar-refractivity contribution in [3.8, 4) is 11.5 Å². The molecule has 7 nitrogen and oxygen atoms in total. The second-order valence-corrected chi connectivity index (χ2v) is 7.24. The minimum absolute atomic E-state index is 0.170. The van der Waals surface area contributed by atoms with Crippen LogP contribution in [0.2, 0.25) is 0 Å². The number of carbonyl (C=O) groups is 1. The molecule has 10 heteroatoms. The topological polar surface area (TPSA) is 102 Å². The number of anilines is 1. The predicted octanol–water partition coefficient (Wildman–Crippen LogP) is 3.10. The van der Waals surface area contributed by atoms with Crippen molar-refractivity contribution in [1.29, 1.82) is 0 Å². The Morgan fingerprint density at radius 1 is 1.16 bits per heavy atom. The number of ether oxygens (including phenoxy) is 2. The molecular formula is C15H13BrFNO6S. The molecule has 0 bridgehead atoms. The van der Waals surface area contributed by atoms with Gasteiger partial charge in [0.15, 0.2) is 11.5 Å². The number of hydrogen-bond donors (Lipinski definition) is 2. The maximum Gasteiger partial charge on any atom is 0.337 e. The molecule has 0 aliphatic carbocycles. The fourth-order valence-electron chi connectivity index (χ4n) is 2.02. The molecule has 0 aliphatic heterocycles. The van der Waals surface area contributed by atoms with Gasteiger partial charge in [0.25, 0.3) is 10.0 Å². The molecule has 0 amide bonds. The van der Waals surface area contributed by atoms with Gasteiger partial charge in [0.1, 0.15) is 10.7 Å². The van der Waals surface area contributed by atoms with E-state index in [-0.39, 0.29) is 20.8 Å². The van der Waals surface area contributed by atoms with Crippen LogP contribution in [0.4, 0.5) is 10.1 Å². The Morgan fingerprint density at radius 3 is 2.32 bits per heavy atom. The van der Waals surface area contributed by atoms with Gasteiger partial charge in [-0.1, -0.05) is 0 Å². The van der Waals surface area contributed by atoms with Crippen LogP contribution >= 0.6 is 15.9 Å². The van der Waals surface area contributed by atoms with Crippen LogP contribution in [0.1, 0.15) is 10.4 Å². The molecule has 0 aliphatic rings. The highest BCUT2D eigenvalue weighted by atomic mass is 79.9. The van der Waals surface area contributed by atoms with Crippen LogP contribution in [-0.4, -0.2) is 33.7 Å². The smallest absolute Gasteiger partial charge is 0.337 e. The molecule has 0 radical (unpaired) electrons. The van der Waals surface area contributed by atoms with Gasteiger partial charge in [0, 0.05) is 10.5 Å². The van der Waals surface area contributed by atoms with E-state index in [1.807, 2.05) is 0 Å². The Hall–Kier alpha value is -2.33. The summed E-state index contributed by atoms with van der Waals surface area (Å²) in [6.45, 7) is 0. The molecule has 2 aromatic rings. The highest BCUT2D eigenvalue weighted by molar-refractivity contribution is 9.10. The molecule has 0 fully saturated rings. The van der Waals surface area contributed by atoms with Crippen molar-refractivity contribution in [2.45, 2.75) is 4.90 Å². The molecular weight excluding hydrogens is 421 g/mol. The van der Waals surface area contributed by atoms with Crippen LogP contribution in [-0.2, 0) is 10.0 Å².